The molecule has 286 valence electrons. The van der Waals surface area contributed by atoms with Crippen LogP contribution in [0, 0.1) is 0 Å². The molecule has 0 bridgehead atoms. The van der Waals surface area contributed by atoms with E-state index in [0.717, 1.165) is 21.7 Å². The van der Waals surface area contributed by atoms with Crippen LogP contribution in [0.4, 0.5) is 0 Å². The van der Waals surface area contributed by atoms with Crippen molar-refractivity contribution in [3.05, 3.63) is 206 Å². The van der Waals surface area contributed by atoms with Crippen LogP contribution in [0.3, 0.4) is 0 Å². The van der Waals surface area contributed by atoms with Crippen LogP contribution in [0.2, 0.25) is 0 Å². The molecule has 0 atom stereocenters. The van der Waals surface area contributed by atoms with Crippen molar-refractivity contribution in [3.63, 3.8) is 0 Å². The lowest BCUT2D eigenvalue weighted by molar-refractivity contribution is 0.392. The van der Waals surface area contributed by atoms with E-state index in [2.05, 4.69) is 194 Å². The first-order chi connectivity index (χ1) is 28.6. The van der Waals surface area contributed by atoms with E-state index in [-0.39, 0.29) is 0 Å². The van der Waals surface area contributed by atoms with Crippen molar-refractivity contribution < 1.29 is 18.9 Å². The quantitative estimate of drug-likeness (QED) is 0.110. The van der Waals surface area contributed by atoms with Crippen molar-refractivity contribution in [2.24, 2.45) is 0 Å². The van der Waals surface area contributed by atoms with Gasteiger partial charge in [0.1, 0.15) is 80.0 Å². The number of hydrogen-bond acceptors (Lipinski definition) is 4. The van der Waals surface area contributed by atoms with E-state index in [0.29, 0.717) is 23.0 Å². The highest BCUT2D eigenvalue weighted by molar-refractivity contribution is 8.02. The zero-order valence-corrected chi connectivity index (χ0v) is 34.9. The van der Waals surface area contributed by atoms with Crippen LogP contribution in [0.25, 0.3) is 11.1 Å². The van der Waals surface area contributed by atoms with E-state index in [9.17, 15) is 0 Å². The van der Waals surface area contributed by atoms with Crippen molar-refractivity contribution in [2.45, 2.75) is 0 Å². The van der Waals surface area contributed by atoms with Gasteiger partial charge in [0.15, 0.2) is 0 Å². The largest absolute Gasteiger partial charge is 0.496 e. The Labute approximate surface area is 343 Å². The summed E-state index contributed by atoms with van der Waals surface area (Å²) in [4.78, 5) is 0. The van der Waals surface area contributed by atoms with Gasteiger partial charge in [0.2, 0.25) is 0 Å². The summed E-state index contributed by atoms with van der Waals surface area (Å²) in [6, 6.07) is 73.9. The Balaban J connectivity index is 1.66. The van der Waals surface area contributed by atoms with Gasteiger partial charge in [-0.15, -0.1) is 0 Å². The van der Waals surface area contributed by atoms with Crippen LogP contribution in [-0.4, -0.2) is 28.4 Å². The fourth-order valence-electron chi connectivity index (χ4n) is 8.38. The summed E-state index contributed by atoms with van der Waals surface area (Å²) in [5.41, 5.74) is 1.88. The molecule has 8 aromatic rings. The number of methoxy groups -OCH3 is 4. The Morgan fingerprint density at radius 1 is 0.276 bits per heavy atom. The van der Waals surface area contributed by atoms with Gasteiger partial charge in [-0.1, -0.05) is 109 Å². The molecule has 0 aliphatic heterocycles. The third-order valence-corrected chi connectivity index (χ3v) is 19.4. The Hall–Kier alpha value is -6.18. The number of rotatable bonds is 13. The molecule has 0 spiro atoms. The standard InChI is InChI=1S/C52H46O4P2/c1-53-39-35-47(55-3)51(49(37-39)57(41-23-11-5-12-24-41,42-25-13-6-14-26-42)43-27-15-7-16-28-43)52-48(56-4)36-40(54-2)38-50(52)58(44-29-17-8-18-30-44,45-31-19-9-20-32-45)46-33-21-10-22-34-46/h5-38H,1-4H3/q+2. The molecule has 0 saturated carbocycles. The molecule has 0 aromatic heterocycles. The van der Waals surface area contributed by atoms with Crippen LogP contribution in [0.15, 0.2) is 206 Å². The highest BCUT2D eigenvalue weighted by Crippen LogP contribution is 2.62. The predicted molar refractivity (Wildman–Crippen MR) is 248 cm³/mol. The van der Waals surface area contributed by atoms with E-state index in [1.165, 1.54) is 31.8 Å². The minimum Gasteiger partial charge on any atom is -0.496 e. The van der Waals surface area contributed by atoms with Gasteiger partial charge < -0.3 is 18.9 Å². The summed E-state index contributed by atoms with van der Waals surface area (Å²) < 4.78 is 25.5. The first kappa shape index (κ1) is 38.7. The second-order valence-corrected chi connectivity index (χ2v) is 20.5. The van der Waals surface area contributed by atoms with Crippen molar-refractivity contribution in [3.8, 4) is 34.1 Å². The average Bonchev–Trinajstić information content (AvgIpc) is 3.31. The molecule has 0 radical (unpaired) electrons. The molecule has 6 heteroatoms. The fourth-order valence-corrected chi connectivity index (χ4v) is 17.3. The molecule has 8 rings (SSSR count). The van der Waals surface area contributed by atoms with Crippen molar-refractivity contribution in [1.82, 2.24) is 0 Å². The first-order valence-electron chi connectivity index (χ1n) is 19.3. The zero-order chi connectivity index (χ0) is 40.0. The monoisotopic (exact) mass is 796 g/mol. The Morgan fingerprint density at radius 2 is 0.500 bits per heavy atom. The second kappa shape index (κ2) is 17.1. The highest BCUT2D eigenvalue weighted by Gasteiger charge is 2.55. The minimum absolute atomic E-state index is 0.679. The smallest absolute Gasteiger partial charge is 0.145 e. The van der Waals surface area contributed by atoms with Crippen LogP contribution in [0.5, 0.6) is 23.0 Å². The van der Waals surface area contributed by atoms with E-state index in [1.807, 2.05) is 12.1 Å². The maximum Gasteiger partial charge on any atom is 0.145 e. The van der Waals surface area contributed by atoms with E-state index < -0.39 is 14.5 Å². The maximum atomic E-state index is 6.59. The molecule has 8 aromatic carbocycles. The summed E-state index contributed by atoms with van der Waals surface area (Å²) >= 11 is 0. The van der Waals surface area contributed by atoms with Crippen molar-refractivity contribution in [1.29, 1.82) is 0 Å². The van der Waals surface area contributed by atoms with Gasteiger partial charge in [0.05, 0.1) is 39.6 Å². The Morgan fingerprint density at radius 3 is 0.690 bits per heavy atom. The summed E-state index contributed by atoms with van der Waals surface area (Å²) in [5, 5.41) is 9.39. The second-order valence-electron chi connectivity index (χ2n) is 13.8. The molecular formula is C52H46O4P2+2. The summed E-state index contributed by atoms with van der Waals surface area (Å²) in [6.45, 7) is 0. The molecular weight excluding hydrogens is 751 g/mol. The first-order valence-corrected chi connectivity index (χ1v) is 22.8. The summed E-state index contributed by atoms with van der Waals surface area (Å²) in [6.07, 6.45) is 0. The Bertz CT molecular complexity index is 2210. The third-order valence-electron chi connectivity index (χ3n) is 10.9. The van der Waals surface area contributed by atoms with Gasteiger partial charge in [-0.25, -0.2) is 0 Å². The average molecular weight is 797 g/mol. The molecule has 58 heavy (non-hydrogen) atoms. The maximum absolute atomic E-state index is 6.59. The number of benzene rings is 8. The molecule has 0 heterocycles. The lowest BCUT2D eigenvalue weighted by Gasteiger charge is -2.33. The predicted octanol–water partition coefficient (Wildman–Crippen LogP) is 8.63. The van der Waals surface area contributed by atoms with Crippen LogP contribution in [-0.2, 0) is 0 Å². The van der Waals surface area contributed by atoms with Gasteiger partial charge in [-0.2, -0.15) is 0 Å². The number of hydrogen-bond donors (Lipinski definition) is 0. The van der Waals surface area contributed by atoms with Crippen LogP contribution >= 0.6 is 14.5 Å². The highest BCUT2D eigenvalue weighted by atomic mass is 31.2. The lowest BCUT2D eigenvalue weighted by atomic mass is 10.0. The van der Waals surface area contributed by atoms with Gasteiger partial charge >= 0.3 is 0 Å². The summed E-state index contributed by atoms with van der Waals surface area (Å²) in [7, 11) is 1.43. The van der Waals surface area contributed by atoms with Gasteiger partial charge in [0, 0.05) is 24.3 Å². The van der Waals surface area contributed by atoms with Gasteiger partial charge in [-0.05, 0) is 72.8 Å². The third kappa shape index (κ3) is 6.63. The van der Waals surface area contributed by atoms with E-state index in [1.54, 1.807) is 28.4 Å². The van der Waals surface area contributed by atoms with Crippen LogP contribution < -0.4 is 61.4 Å². The normalized spacial score (nSPS) is 11.4. The van der Waals surface area contributed by atoms with Crippen molar-refractivity contribution >= 4 is 57.0 Å². The molecule has 0 amide bonds. The topological polar surface area (TPSA) is 36.9 Å². The molecule has 0 unspecified atom stereocenters. The molecule has 4 nitrogen and oxygen atoms in total. The SMILES string of the molecule is COc1cc(OC)c(-c2c(OC)cc(OC)cc2[P+](c2ccccc2)(c2ccccc2)c2ccccc2)c([P+](c2ccccc2)(c2ccccc2)c2ccccc2)c1. The molecule has 0 N–H and O–H groups in total. The summed E-state index contributed by atoms with van der Waals surface area (Å²) in [5.74, 6) is 2.76. The Kier molecular flexibility index (Phi) is 11.4. The molecule has 0 aliphatic carbocycles. The molecule has 0 aliphatic rings. The van der Waals surface area contributed by atoms with E-state index >= 15 is 0 Å². The zero-order valence-electron chi connectivity index (χ0n) is 33.2. The van der Waals surface area contributed by atoms with Crippen molar-refractivity contribution in [2.75, 3.05) is 28.4 Å². The molecule has 0 fully saturated rings. The van der Waals surface area contributed by atoms with Gasteiger partial charge in [-0.3, -0.25) is 0 Å². The fraction of sp³-hybridized carbons (Fsp3) is 0.0769. The lowest BCUT2D eigenvalue weighted by Crippen LogP contribution is -2.42. The van der Waals surface area contributed by atoms with Gasteiger partial charge in [0.25, 0.3) is 0 Å². The molecule has 0 saturated heterocycles. The van der Waals surface area contributed by atoms with E-state index in [4.69, 9.17) is 18.9 Å². The number of ether oxygens (including phenoxy) is 4. The minimum atomic E-state index is -2.76. The van der Waals surface area contributed by atoms with Crippen LogP contribution in [0.1, 0.15) is 0 Å².